The average Bonchev–Trinajstić information content (AvgIpc) is 1.89. The Kier molecular flexibility index (Phi) is 6.96. The summed E-state index contributed by atoms with van der Waals surface area (Å²) < 4.78 is 5.16. The second-order valence-electron chi connectivity index (χ2n) is 2.77. The molecule has 0 saturated heterocycles. The van der Waals surface area contributed by atoms with E-state index in [1.54, 1.807) is 0 Å². The number of nitrogens with zero attached hydrogens (tertiary/aromatic N) is 1. The number of rotatable bonds is 2. The maximum Gasteiger partial charge on any atom is 0.205 e. The summed E-state index contributed by atoms with van der Waals surface area (Å²) in [4.78, 5) is 3.51. The summed E-state index contributed by atoms with van der Waals surface area (Å²) >= 11 is 0. The van der Waals surface area contributed by atoms with Crippen LogP contribution in [-0.4, -0.2) is 12.3 Å². The molecule has 66 valence electrons. The van der Waals surface area contributed by atoms with Gasteiger partial charge in [0.15, 0.2) is 0 Å². The molecule has 0 unspecified atom stereocenters. The second-order valence-corrected chi connectivity index (χ2v) is 2.77. The van der Waals surface area contributed by atoms with Crippen molar-refractivity contribution in [1.82, 2.24) is 0 Å². The van der Waals surface area contributed by atoms with Gasteiger partial charge in [-0.2, -0.15) is 0 Å². The van der Waals surface area contributed by atoms with Crippen molar-refractivity contribution in [2.45, 2.75) is 40.2 Å². The molecular formula is C9H19NO. The van der Waals surface area contributed by atoms with E-state index < -0.39 is 0 Å². The first kappa shape index (κ1) is 12.8. The predicted octanol–water partition coefficient (Wildman–Crippen LogP) is 3.00. The fraction of sp³-hybridized carbons (Fsp3) is 0.667. The van der Waals surface area contributed by atoms with Gasteiger partial charge in [-0.25, -0.2) is 4.99 Å². The molecule has 0 amide bonds. The molecule has 0 saturated carbocycles. The summed E-state index contributed by atoms with van der Waals surface area (Å²) in [6.07, 6.45) is 0. The molecule has 0 rings (SSSR count). The number of aliphatic imine (C=N–C) groups is 1. The van der Waals surface area contributed by atoms with Crippen LogP contribution >= 0.6 is 0 Å². The Morgan fingerprint density at radius 1 is 1.27 bits per heavy atom. The van der Waals surface area contributed by atoms with E-state index in [1.165, 1.54) is 0 Å². The minimum Gasteiger partial charge on any atom is -0.472 e. The molecule has 0 atom stereocenters. The molecule has 0 aromatic rings. The topological polar surface area (TPSA) is 21.6 Å². The molecule has 0 fully saturated rings. The normalized spacial score (nSPS) is 9.18. The van der Waals surface area contributed by atoms with Crippen molar-refractivity contribution in [2.75, 3.05) is 0 Å². The highest BCUT2D eigenvalue weighted by Gasteiger charge is 2.10. The Morgan fingerprint density at radius 2 is 1.64 bits per heavy atom. The van der Waals surface area contributed by atoms with E-state index in [-0.39, 0.29) is 5.60 Å². The van der Waals surface area contributed by atoms with Gasteiger partial charge in [0.05, 0.1) is 0 Å². The average molecular weight is 157 g/mol. The molecule has 0 aliphatic rings. The van der Waals surface area contributed by atoms with Crippen molar-refractivity contribution in [2.24, 2.45) is 4.99 Å². The molecule has 0 radical (unpaired) electrons. The van der Waals surface area contributed by atoms with Gasteiger partial charge in [0.2, 0.25) is 5.88 Å². The number of hydrogen-bond acceptors (Lipinski definition) is 2. The van der Waals surface area contributed by atoms with Gasteiger partial charge >= 0.3 is 0 Å². The van der Waals surface area contributed by atoms with Gasteiger partial charge in [-0.1, -0.05) is 13.8 Å². The van der Waals surface area contributed by atoms with E-state index in [9.17, 15) is 0 Å². The quantitative estimate of drug-likeness (QED) is 0.446. The molecular weight excluding hydrogens is 138 g/mol. The highest BCUT2D eigenvalue weighted by molar-refractivity contribution is 5.26. The zero-order chi connectivity index (χ0) is 9.49. The third-order valence-electron chi connectivity index (χ3n) is 0.600. The molecule has 2 nitrogen and oxygen atoms in total. The molecule has 0 aliphatic heterocycles. The Bertz CT molecular complexity index is 122. The van der Waals surface area contributed by atoms with Crippen molar-refractivity contribution in [3.8, 4) is 0 Å². The maximum absolute atomic E-state index is 5.16. The van der Waals surface area contributed by atoms with Crippen molar-refractivity contribution in [3.05, 3.63) is 12.5 Å². The van der Waals surface area contributed by atoms with E-state index in [1.807, 2.05) is 34.6 Å². The predicted molar refractivity (Wildman–Crippen MR) is 50.9 cm³/mol. The van der Waals surface area contributed by atoms with Crippen LogP contribution in [0.2, 0.25) is 0 Å². The Morgan fingerprint density at radius 3 is 1.73 bits per heavy atom. The molecule has 0 bridgehead atoms. The monoisotopic (exact) mass is 157 g/mol. The molecule has 2 heteroatoms. The summed E-state index contributed by atoms with van der Waals surface area (Å²) in [7, 11) is 0. The highest BCUT2D eigenvalue weighted by atomic mass is 16.5. The van der Waals surface area contributed by atoms with Crippen LogP contribution in [0, 0.1) is 0 Å². The maximum atomic E-state index is 5.16. The summed E-state index contributed by atoms with van der Waals surface area (Å²) in [6.45, 7) is 16.6. The Balaban J connectivity index is 0. The van der Waals surface area contributed by atoms with Crippen LogP contribution in [0.15, 0.2) is 17.5 Å². The van der Waals surface area contributed by atoms with Gasteiger partial charge in [0.1, 0.15) is 5.60 Å². The Hall–Kier alpha value is -0.790. The number of ether oxygens (including phenoxy) is 1. The lowest BCUT2D eigenvalue weighted by molar-refractivity contribution is 0.0524. The van der Waals surface area contributed by atoms with E-state index in [0.717, 1.165) is 0 Å². The van der Waals surface area contributed by atoms with Crippen LogP contribution in [-0.2, 0) is 4.74 Å². The van der Waals surface area contributed by atoms with Crippen LogP contribution < -0.4 is 0 Å². The standard InChI is InChI=1S/C7H13NO.C2H6/c1-6(8-5)9-7(2,3)4;1-2/h1,5H2,2-4H3;1-2H3. The largest absolute Gasteiger partial charge is 0.472 e. The van der Waals surface area contributed by atoms with Crippen molar-refractivity contribution < 1.29 is 4.74 Å². The van der Waals surface area contributed by atoms with Gasteiger partial charge in [0, 0.05) is 0 Å². The minimum atomic E-state index is -0.210. The fourth-order valence-electron chi connectivity index (χ4n) is 0.386. The first-order chi connectivity index (χ1) is 4.95. The highest BCUT2D eigenvalue weighted by Crippen LogP contribution is 2.11. The third-order valence-corrected chi connectivity index (χ3v) is 0.600. The fourth-order valence-corrected chi connectivity index (χ4v) is 0.386. The summed E-state index contributed by atoms with van der Waals surface area (Å²) in [6, 6.07) is 0. The van der Waals surface area contributed by atoms with Crippen LogP contribution in [0.4, 0.5) is 0 Å². The van der Waals surface area contributed by atoms with Gasteiger partial charge in [-0.3, -0.25) is 0 Å². The van der Waals surface area contributed by atoms with Crippen LogP contribution in [0.3, 0.4) is 0 Å². The van der Waals surface area contributed by atoms with E-state index >= 15 is 0 Å². The van der Waals surface area contributed by atoms with Gasteiger partial charge in [0.25, 0.3) is 0 Å². The zero-order valence-electron chi connectivity index (χ0n) is 8.27. The Labute approximate surface area is 70.0 Å². The summed E-state index contributed by atoms with van der Waals surface area (Å²) in [5.41, 5.74) is -0.210. The number of hydrogen-bond donors (Lipinski definition) is 0. The third kappa shape index (κ3) is 12.4. The minimum absolute atomic E-state index is 0.210. The van der Waals surface area contributed by atoms with Crippen LogP contribution in [0.5, 0.6) is 0 Å². The smallest absolute Gasteiger partial charge is 0.205 e. The van der Waals surface area contributed by atoms with E-state index in [4.69, 9.17) is 4.74 Å². The molecule has 0 N–H and O–H groups in total. The lowest BCUT2D eigenvalue weighted by Gasteiger charge is -2.19. The molecule has 0 aliphatic carbocycles. The zero-order valence-corrected chi connectivity index (χ0v) is 8.27. The van der Waals surface area contributed by atoms with E-state index in [0.29, 0.717) is 5.88 Å². The summed E-state index contributed by atoms with van der Waals surface area (Å²) in [5, 5.41) is 0. The molecule has 0 aromatic carbocycles. The van der Waals surface area contributed by atoms with Crippen LogP contribution in [0.1, 0.15) is 34.6 Å². The van der Waals surface area contributed by atoms with Gasteiger partial charge in [-0.15, -0.1) is 0 Å². The molecule has 0 heterocycles. The van der Waals surface area contributed by atoms with Crippen LogP contribution in [0.25, 0.3) is 0 Å². The lowest BCUT2D eigenvalue weighted by atomic mass is 10.2. The first-order valence-electron chi connectivity index (χ1n) is 3.80. The molecule has 0 spiro atoms. The van der Waals surface area contributed by atoms with Crippen molar-refractivity contribution in [1.29, 1.82) is 0 Å². The van der Waals surface area contributed by atoms with E-state index in [2.05, 4.69) is 18.3 Å². The second kappa shape index (κ2) is 5.96. The summed E-state index contributed by atoms with van der Waals surface area (Å²) in [5.74, 6) is 0.377. The SMILES string of the molecule is C=NC(=C)OC(C)(C)C.CC. The first-order valence-corrected chi connectivity index (χ1v) is 3.80. The van der Waals surface area contributed by atoms with Crippen molar-refractivity contribution in [3.63, 3.8) is 0 Å². The molecule has 11 heavy (non-hydrogen) atoms. The lowest BCUT2D eigenvalue weighted by Crippen LogP contribution is -2.17. The molecule has 0 aromatic heterocycles. The van der Waals surface area contributed by atoms with Crippen molar-refractivity contribution >= 4 is 6.72 Å². The van der Waals surface area contributed by atoms with Gasteiger partial charge < -0.3 is 4.74 Å². The van der Waals surface area contributed by atoms with Gasteiger partial charge in [-0.05, 0) is 34.1 Å².